The van der Waals surface area contributed by atoms with Gasteiger partial charge in [-0.2, -0.15) is 17.6 Å². The molecule has 0 saturated carbocycles. The van der Waals surface area contributed by atoms with Crippen LogP contribution >= 0.6 is 0 Å². The second kappa shape index (κ2) is 9.32. The van der Waals surface area contributed by atoms with Gasteiger partial charge < -0.3 is 9.84 Å². The number of ether oxygens (including phenoxy) is 1. The maximum Gasteiger partial charge on any atom is 0.334 e. The standard InChI is InChI=1S/C10H19NO4.C2F4/c1-6-8(15-7(2)12)10(3,9(13)14)11(4)5;3-1(4)2(5)6/h8H,6H2,1-5H3,(H,13,14);. The lowest BCUT2D eigenvalue weighted by molar-refractivity contribution is -0.167. The van der Waals surface area contributed by atoms with E-state index in [9.17, 15) is 32.3 Å². The number of aliphatic carboxylic acids is 1. The van der Waals surface area contributed by atoms with E-state index in [1.807, 2.05) is 0 Å². The summed E-state index contributed by atoms with van der Waals surface area (Å²) in [5.41, 5.74) is -1.19. The molecule has 0 aliphatic heterocycles. The van der Waals surface area contributed by atoms with Gasteiger partial charge in [-0.3, -0.25) is 14.5 Å². The molecule has 0 bridgehead atoms. The lowest BCUT2D eigenvalue weighted by Crippen LogP contribution is -2.58. The molecule has 0 heterocycles. The highest BCUT2D eigenvalue weighted by Gasteiger charge is 2.45. The Morgan fingerprint density at radius 3 is 1.71 bits per heavy atom. The molecule has 0 rings (SSSR count). The van der Waals surface area contributed by atoms with Crippen LogP contribution in [0.5, 0.6) is 0 Å². The van der Waals surface area contributed by atoms with E-state index in [-0.39, 0.29) is 0 Å². The number of halogens is 4. The van der Waals surface area contributed by atoms with Crippen LogP contribution in [0.15, 0.2) is 12.2 Å². The molecule has 0 aliphatic rings. The molecular formula is C12H19F4NO4. The van der Waals surface area contributed by atoms with Crippen molar-refractivity contribution in [2.45, 2.75) is 38.8 Å². The Morgan fingerprint density at radius 2 is 1.57 bits per heavy atom. The topological polar surface area (TPSA) is 66.8 Å². The van der Waals surface area contributed by atoms with E-state index in [0.717, 1.165) is 0 Å². The predicted octanol–water partition coefficient (Wildman–Crippen LogP) is 2.72. The van der Waals surface area contributed by atoms with Gasteiger partial charge >= 0.3 is 24.1 Å². The number of rotatable bonds is 5. The second-order valence-electron chi connectivity index (χ2n) is 4.37. The molecule has 0 radical (unpaired) electrons. The van der Waals surface area contributed by atoms with E-state index in [4.69, 9.17) is 4.74 Å². The fraction of sp³-hybridized carbons (Fsp3) is 0.667. The third-order valence-electron chi connectivity index (χ3n) is 2.81. The first-order chi connectivity index (χ1) is 9.40. The van der Waals surface area contributed by atoms with E-state index < -0.39 is 35.7 Å². The van der Waals surface area contributed by atoms with Gasteiger partial charge in [0.2, 0.25) is 0 Å². The highest BCUT2D eigenvalue weighted by molar-refractivity contribution is 5.80. The molecule has 0 aromatic heterocycles. The number of hydrogen-bond donors (Lipinski definition) is 1. The normalized spacial score (nSPS) is 14.4. The Bertz CT molecular complexity index is 383. The number of nitrogens with zero attached hydrogens (tertiary/aromatic N) is 1. The van der Waals surface area contributed by atoms with Crippen LogP contribution in [0.4, 0.5) is 17.6 Å². The Balaban J connectivity index is 0. The first kappa shape index (κ1) is 21.7. The van der Waals surface area contributed by atoms with Gasteiger partial charge in [-0.05, 0) is 27.4 Å². The van der Waals surface area contributed by atoms with Crippen LogP contribution in [0.25, 0.3) is 0 Å². The number of hydrogen-bond acceptors (Lipinski definition) is 4. The highest BCUT2D eigenvalue weighted by atomic mass is 19.3. The van der Waals surface area contributed by atoms with E-state index in [2.05, 4.69) is 0 Å². The molecule has 9 heteroatoms. The van der Waals surface area contributed by atoms with Gasteiger partial charge in [0.1, 0.15) is 6.10 Å². The number of carboxylic acid groups (broad SMARTS) is 1. The minimum absolute atomic E-state index is 0.459. The lowest BCUT2D eigenvalue weighted by atomic mass is 9.91. The molecular weight excluding hydrogens is 298 g/mol. The number of carboxylic acids is 1. The van der Waals surface area contributed by atoms with Crippen molar-refractivity contribution in [1.82, 2.24) is 4.90 Å². The molecule has 0 aromatic rings. The predicted molar refractivity (Wildman–Crippen MR) is 67.0 cm³/mol. The van der Waals surface area contributed by atoms with Crippen LogP contribution < -0.4 is 0 Å². The number of likely N-dealkylation sites (N-methyl/N-ethyl adjacent to an activating group) is 1. The zero-order valence-corrected chi connectivity index (χ0v) is 12.4. The Kier molecular flexibility index (Phi) is 9.62. The van der Waals surface area contributed by atoms with Crippen LogP contribution in [-0.4, -0.2) is 47.7 Å². The SMILES string of the molecule is CCC(OC(C)=O)C(C)(C(=O)O)N(C)C.FC(F)=C(F)F. The van der Waals surface area contributed by atoms with Gasteiger partial charge in [-0.1, -0.05) is 6.92 Å². The smallest absolute Gasteiger partial charge is 0.334 e. The molecule has 0 saturated heterocycles. The molecule has 2 unspecified atom stereocenters. The third-order valence-corrected chi connectivity index (χ3v) is 2.81. The van der Waals surface area contributed by atoms with Gasteiger partial charge in [0, 0.05) is 6.92 Å². The van der Waals surface area contributed by atoms with Crippen LogP contribution in [0.1, 0.15) is 27.2 Å². The summed E-state index contributed by atoms with van der Waals surface area (Å²) in [6, 6.07) is 0. The van der Waals surface area contributed by atoms with E-state index >= 15 is 0 Å². The molecule has 0 fully saturated rings. The summed E-state index contributed by atoms with van der Waals surface area (Å²) in [4.78, 5) is 23.6. The highest BCUT2D eigenvalue weighted by Crippen LogP contribution is 2.22. The minimum Gasteiger partial charge on any atom is -0.480 e. The van der Waals surface area contributed by atoms with Crippen molar-refractivity contribution in [3.8, 4) is 0 Å². The van der Waals surface area contributed by atoms with Crippen molar-refractivity contribution in [3.05, 3.63) is 12.2 Å². The summed E-state index contributed by atoms with van der Waals surface area (Å²) in [6.07, 6.45) is -6.01. The summed E-state index contributed by atoms with van der Waals surface area (Å²) < 4.78 is 46.2. The molecule has 2 atom stereocenters. The monoisotopic (exact) mass is 317 g/mol. The summed E-state index contributed by atoms with van der Waals surface area (Å²) >= 11 is 0. The van der Waals surface area contributed by atoms with Gasteiger partial charge in [-0.15, -0.1) is 0 Å². The molecule has 0 amide bonds. The summed E-state index contributed by atoms with van der Waals surface area (Å²) in [5.74, 6) is -1.46. The van der Waals surface area contributed by atoms with E-state index in [1.165, 1.54) is 6.92 Å². The number of esters is 1. The van der Waals surface area contributed by atoms with Crippen molar-refractivity contribution < 1.29 is 37.0 Å². The fourth-order valence-corrected chi connectivity index (χ4v) is 1.41. The molecule has 21 heavy (non-hydrogen) atoms. The van der Waals surface area contributed by atoms with Crippen molar-refractivity contribution in [2.75, 3.05) is 14.1 Å². The third kappa shape index (κ3) is 7.07. The zero-order valence-electron chi connectivity index (χ0n) is 12.4. The van der Waals surface area contributed by atoms with E-state index in [0.29, 0.717) is 6.42 Å². The summed E-state index contributed by atoms with van der Waals surface area (Å²) in [5, 5.41) is 9.18. The first-order valence-corrected chi connectivity index (χ1v) is 5.85. The van der Waals surface area contributed by atoms with Crippen molar-refractivity contribution in [2.24, 2.45) is 0 Å². The van der Waals surface area contributed by atoms with Gasteiger partial charge in [0.05, 0.1) is 0 Å². The van der Waals surface area contributed by atoms with Gasteiger partial charge in [-0.25, -0.2) is 0 Å². The van der Waals surface area contributed by atoms with E-state index in [1.54, 1.807) is 32.8 Å². The minimum atomic E-state index is -2.91. The van der Waals surface area contributed by atoms with Crippen molar-refractivity contribution >= 4 is 11.9 Å². The molecule has 5 nitrogen and oxygen atoms in total. The van der Waals surface area contributed by atoms with Crippen LogP contribution in [0.3, 0.4) is 0 Å². The van der Waals surface area contributed by atoms with Crippen molar-refractivity contribution in [1.29, 1.82) is 0 Å². The average molecular weight is 317 g/mol. The molecule has 0 aromatic carbocycles. The largest absolute Gasteiger partial charge is 0.480 e. The molecule has 0 aliphatic carbocycles. The fourth-order valence-electron chi connectivity index (χ4n) is 1.41. The second-order valence-corrected chi connectivity index (χ2v) is 4.37. The van der Waals surface area contributed by atoms with Crippen LogP contribution in [-0.2, 0) is 14.3 Å². The quantitative estimate of drug-likeness (QED) is 0.624. The first-order valence-electron chi connectivity index (χ1n) is 5.85. The average Bonchev–Trinajstić information content (AvgIpc) is 2.34. The Hall–Kier alpha value is -1.64. The summed E-state index contributed by atoms with van der Waals surface area (Å²) in [7, 11) is 3.31. The molecule has 1 N–H and O–H groups in total. The lowest BCUT2D eigenvalue weighted by Gasteiger charge is -2.37. The van der Waals surface area contributed by atoms with Crippen LogP contribution in [0, 0.1) is 0 Å². The van der Waals surface area contributed by atoms with Gasteiger partial charge in [0.25, 0.3) is 0 Å². The van der Waals surface area contributed by atoms with Crippen molar-refractivity contribution in [3.63, 3.8) is 0 Å². The Labute approximate surface area is 120 Å². The molecule has 124 valence electrons. The number of carbonyl (C=O) groups is 2. The number of carbonyl (C=O) groups excluding carboxylic acids is 1. The maximum absolute atomic E-state index is 11.2. The summed E-state index contributed by atoms with van der Waals surface area (Å²) in [6.45, 7) is 4.62. The Morgan fingerprint density at radius 1 is 1.19 bits per heavy atom. The molecule has 0 spiro atoms. The van der Waals surface area contributed by atoms with Crippen LogP contribution in [0.2, 0.25) is 0 Å². The van der Waals surface area contributed by atoms with Gasteiger partial charge in [0.15, 0.2) is 5.54 Å². The maximum atomic E-state index is 11.2. The zero-order chi connectivity index (χ0) is 17.4.